The van der Waals surface area contributed by atoms with Gasteiger partial charge in [-0.2, -0.15) is 45.3 Å². The molecule has 0 unspecified atom stereocenters. The Morgan fingerprint density at radius 1 is 0.330 bits per heavy atom. The third-order valence-electron chi connectivity index (χ3n) is 11.3. The maximum atomic E-state index is 4.12. The van der Waals surface area contributed by atoms with Gasteiger partial charge in [-0.25, -0.2) is 15.0 Å². The molecule has 0 fully saturated rings. The summed E-state index contributed by atoms with van der Waals surface area (Å²) < 4.78 is 14.5. The van der Waals surface area contributed by atoms with Crippen LogP contribution in [0, 0.1) is 0 Å². The molecule has 0 aliphatic heterocycles. The van der Waals surface area contributed by atoms with Gasteiger partial charge in [0, 0.05) is 90.6 Å². The van der Waals surface area contributed by atoms with Gasteiger partial charge in [-0.3, -0.25) is 28.1 Å². The van der Waals surface area contributed by atoms with Gasteiger partial charge < -0.3 is 9.13 Å². The Bertz CT molecular complexity index is 2750. The van der Waals surface area contributed by atoms with Crippen molar-refractivity contribution in [2.75, 3.05) is 0 Å². The van der Waals surface area contributed by atoms with E-state index in [9.17, 15) is 0 Å². The van der Waals surface area contributed by atoms with E-state index in [4.69, 9.17) is 0 Å². The van der Waals surface area contributed by atoms with Crippen LogP contribution in [0.15, 0.2) is 87.7 Å². The summed E-state index contributed by atoms with van der Waals surface area (Å²) in [6.45, 7) is 81.7. The second-order valence-corrected chi connectivity index (χ2v) is 22.5. The Labute approximate surface area is 647 Å². The molecule has 10 rings (SSSR count). The maximum Gasteiger partial charge on any atom is 0.153 e. The maximum absolute atomic E-state index is 4.12. The molecule has 0 saturated carbocycles. The van der Waals surface area contributed by atoms with E-state index in [0.717, 1.165) is 28.9 Å². The minimum absolute atomic E-state index is 0.380. The third kappa shape index (κ3) is 62.7. The molecule has 0 aliphatic carbocycles. The summed E-state index contributed by atoms with van der Waals surface area (Å²) in [6, 6.07) is 1.71. The van der Waals surface area contributed by atoms with Gasteiger partial charge in [0.25, 0.3) is 0 Å². The van der Waals surface area contributed by atoms with E-state index in [0.29, 0.717) is 59.7 Å². The predicted molar refractivity (Wildman–Crippen MR) is 446 cm³/mol. The van der Waals surface area contributed by atoms with Crippen LogP contribution in [0.25, 0.3) is 0 Å². The second-order valence-electron chi connectivity index (χ2n) is 22.5. The lowest BCUT2D eigenvalue weighted by Crippen LogP contribution is -2.03. The fourth-order valence-electron chi connectivity index (χ4n) is 6.28. The summed E-state index contributed by atoms with van der Waals surface area (Å²) in [5.74, 6) is 5.85. The first-order valence-electron chi connectivity index (χ1n) is 39.0. The van der Waals surface area contributed by atoms with Crippen molar-refractivity contribution in [1.29, 1.82) is 0 Å². The average molecular weight is 1500 g/mol. The zero-order chi connectivity index (χ0) is 85.1. The molecular weight excluding hydrogens is 1330 g/mol. The van der Waals surface area contributed by atoms with Gasteiger partial charge in [-0.1, -0.05) is 237 Å². The molecule has 0 saturated heterocycles. The summed E-state index contributed by atoms with van der Waals surface area (Å²) in [6.07, 6.45) is 24.1. The molecule has 0 aromatic carbocycles. The van der Waals surface area contributed by atoms with E-state index in [1.54, 1.807) is 113 Å². The molecule has 0 amide bonds. The van der Waals surface area contributed by atoms with Crippen LogP contribution in [0.2, 0.25) is 0 Å². The first-order chi connectivity index (χ1) is 50.5. The molecule has 10 heterocycles. The molecular formula is C76H162N30. The van der Waals surface area contributed by atoms with Crippen LogP contribution in [0.5, 0.6) is 0 Å². The minimum atomic E-state index is 0.380. The number of aromatic nitrogens is 30. The first kappa shape index (κ1) is 118. The van der Waals surface area contributed by atoms with Gasteiger partial charge in [0.2, 0.25) is 0 Å². The molecule has 0 N–H and O–H groups in total. The number of nitrogens with zero attached hydrogens (tertiary/aromatic N) is 30. The van der Waals surface area contributed by atoms with E-state index >= 15 is 0 Å². The molecule has 616 valence electrons. The molecule has 30 heteroatoms. The predicted octanol–water partition coefficient (Wildman–Crippen LogP) is 19.3. The molecule has 0 spiro atoms. The molecule has 10 aromatic heterocycles. The Hall–Kier alpha value is -8.60. The average Bonchev–Trinajstić information content (AvgIpc) is 1.77. The summed E-state index contributed by atoms with van der Waals surface area (Å²) in [7, 11) is 11.3. The molecule has 10 aromatic rings. The summed E-state index contributed by atoms with van der Waals surface area (Å²) in [5, 5.41) is 65.6. The number of hydrogen-bond donors (Lipinski definition) is 0. The topological polar surface area (TPSA) is 307 Å². The van der Waals surface area contributed by atoms with Crippen molar-refractivity contribution in [2.45, 2.75) is 337 Å². The zero-order valence-electron chi connectivity index (χ0n) is 76.3. The highest BCUT2D eigenvalue weighted by atomic mass is 15.5. The molecule has 0 atom stereocenters. The Morgan fingerprint density at radius 2 is 0.830 bits per heavy atom. The van der Waals surface area contributed by atoms with Crippen molar-refractivity contribution >= 4 is 0 Å². The van der Waals surface area contributed by atoms with Gasteiger partial charge >= 0.3 is 0 Å². The van der Waals surface area contributed by atoms with Crippen LogP contribution in [0.4, 0.5) is 0 Å². The van der Waals surface area contributed by atoms with Gasteiger partial charge in [0.1, 0.15) is 55.9 Å². The van der Waals surface area contributed by atoms with Crippen LogP contribution < -0.4 is 0 Å². The molecule has 0 aliphatic rings. The minimum Gasteiger partial charge on any atom is -0.321 e. The van der Waals surface area contributed by atoms with Crippen LogP contribution in [0.3, 0.4) is 0 Å². The fourth-order valence-corrected chi connectivity index (χ4v) is 6.28. The van der Waals surface area contributed by atoms with E-state index in [-0.39, 0.29) is 0 Å². The van der Waals surface area contributed by atoms with Gasteiger partial charge in [0.05, 0.1) is 54.1 Å². The van der Waals surface area contributed by atoms with Gasteiger partial charge in [0.15, 0.2) is 5.82 Å². The van der Waals surface area contributed by atoms with Crippen LogP contribution >= 0.6 is 0 Å². The number of rotatable bonds is 10. The SMILES string of the molecule is CC.CC.CC.CC.CC.CC.CC.CC.CC.CC.CC(C)c1cn(C)nn1.CC(C)c1cnn(C)n1.CC(C)c1cnnn1C.CC(C)c1ncn(C)n1.CC(C)c1ncnn1C.CC(C)c1nncn1C.CC(C)n1ccnn1.CC(C)n1cncn1.CC(C)n1cnnc1.CC(C)n1nccn1. The second kappa shape index (κ2) is 82.1. The Morgan fingerprint density at radius 3 is 1.02 bits per heavy atom. The van der Waals surface area contributed by atoms with E-state index in [1.165, 1.54) is 5.69 Å². The van der Waals surface area contributed by atoms with Crippen LogP contribution in [0.1, 0.15) is 371 Å². The molecule has 0 bridgehead atoms. The summed E-state index contributed by atoms with van der Waals surface area (Å²) >= 11 is 0. The fraction of sp³-hybridized carbons (Fsp3) is 0.737. The van der Waals surface area contributed by atoms with Crippen molar-refractivity contribution in [1.82, 2.24) is 149 Å². The molecule has 106 heavy (non-hydrogen) atoms. The lowest BCUT2D eigenvalue weighted by molar-refractivity contribution is 0.466. The molecule has 30 nitrogen and oxygen atoms in total. The van der Waals surface area contributed by atoms with Gasteiger partial charge in [-0.15, -0.1) is 35.7 Å². The Balaban J connectivity index is -0.000000118. The molecule has 0 radical (unpaired) electrons. The lowest BCUT2D eigenvalue weighted by atomic mass is 10.1. The van der Waals surface area contributed by atoms with E-state index < -0.39 is 0 Å². The first-order valence-corrected chi connectivity index (χ1v) is 39.0. The third-order valence-corrected chi connectivity index (χ3v) is 11.3. The monoisotopic (exact) mass is 1500 g/mol. The largest absolute Gasteiger partial charge is 0.321 e. The van der Waals surface area contributed by atoms with Crippen molar-refractivity contribution in [3.05, 3.63) is 122 Å². The van der Waals surface area contributed by atoms with Crippen molar-refractivity contribution in [2.24, 2.45) is 42.3 Å². The van der Waals surface area contributed by atoms with Gasteiger partial charge in [-0.05, 0) is 73.1 Å². The summed E-state index contributed by atoms with van der Waals surface area (Å²) in [5.41, 5.74) is 3.28. The highest BCUT2D eigenvalue weighted by Crippen LogP contribution is 2.12. The quantitative estimate of drug-likeness (QED) is 0.123. The summed E-state index contributed by atoms with van der Waals surface area (Å²) in [4.78, 5) is 15.2. The number of hydrogen-bond acceptors (Lipinski definition) is 20. The van der Waals surface area contributed by atoms with Crippen LogP contribution in [-0.2, 0) is 42.3 Å². The van der Waals surface area contributed by atoms with Crippen molar-refractivity contribution in [3.63, 3.8) is 0 Å². The van der Waals surface area contributed by atoms with E-state index in [2.05, 4.69) is 227 Å². The highest BCUT2D eigenvalue weighted by Gasteiger charge is 2.07. The zero-order valence-corrected chi connectivity index (χ0v) is 76.3. The highest BCUT2D eigenvalue weighted by molar-refractivity contribution is 4.99. The lowest BCUT2D eigenvalue weighted by Gasteiger charge is -2.01. The number of aryl methyl sites for hydroxylation is 6. The van der Waals surface area contributed by atoms with E-state index in [1.807, 2.05) is 216 Å². The Kier molecular flexibility index (Phi) is 91.7. The smallest absolute Gasteiger partial charge is 0.153 e. The van der Waals surface area contributed by atoms with Crippen molar-refractivity contribution in [3.8, 4) is 0 Å². The van der Waals surface area contributed by atoms with Crippen molar-refractivity contribution < 1.29 is 0 Å². The standard InChI is InChI=1S/6C6H11N3.4C5H9N3.10C2H6/c1-5(2)6-8-7-4-9(6)3;1-5(2)6-7-4-9(3)8-6;1-5(2)6-7-4-8-9(6)3;1-5(2)6-4-9(3)8-7-6;1-5(2)6-4-7-8-9(6)3;1-5(2)6-4-7-9(3)8-6;1-5(2)8-3-6-7-4-8;1-5(2)8-4-6-3-7-8;1-5(2)8-4-3-6-7-8;1-5(2)8-6-3-4-7-8;10*1-2/h6*4-5H,1-3H3;4*3-5H,1-2H3;10*1-2H3. The normalized spacial score (nSPS) is 9.13. The van der Waals surface area contributed by atoms with Crippen LogP contribution in [-0.4, -0.2) is 149 Å².